The Kier molecular flexibility index (Phi) is 4.41. The van der Waals surface area contributed by atoms with Crippen LogP contribution >= 0.6 is 0 Å². The van der Waals surface area contributed by atoms with Gasteiger partial charge >= 0.3 is 0 Å². The lowest BCUT2D eigenvalue weighted by molar-refractivity contribution is -0.738. The van der Waals surface area contributed by atoms with E-state index >= 15 is 0 Å². The Balaban J connectivity index is 1.60. The number of nitrogens with two attached hydrogens (primary N) is 1. The number of para-hydroxylation sites is 2. The Morgan fingerprint density at radius 3 is 2.52 bits per heavy atom. The van der Waals surface area contributed by atoms with E-state index in [1.54, 1.807) is 7.11 Å². The summed E-state index contributed by atoms with van der Waals surface area (Å²) >= 11 is 0. The van der Waals surface area contributed by atoms with Crippen LogP contribution in [0.15, 0.2) is 48.5 Å². The molecule has 3 heterocycles. The number of ether oxygens (including phenoxy) is 1. The van der Waals surface area contributed by atoms with Crippen molar-refractivity contribution in [2.75, 3.05) is 12.4 Å². The number of anilines is 1. The Morgan fingerprint density at radius 1 is 1.06 bits per heavy atom. The van der Waals surface area contributed by atoms with Crippen LogP contribution in [0.1, 0.15) is 25.0 Å². The van der Waals surface area contributed by atoms with E-state index in [0.717, 1.165) is 16.8 Å². The van der Waals surface area contributed by atoms with E-state index in [9.17, 15) is 14.4 Å². The van der Waals surface area contributed by atoms with E-state index < -0.39 is 17.4 Å². The van der Waals surface area contributed by atoms with Crippen molar-refractivity contribution in [1.29, 1.82) is 0 Å². The highest BCUT2D eigenvalue weighted by atomic mass is 16.5. The molecule has 3 amide bonds. The predicted molar refractivity (Wildman–Crippen MR) is 113 cm³/mol. The summed E-state index contributed by atoms with van der Waals surface area (Å²) in [5, 5.41) is 4.92. The number of nitrogens with zero attached hydrogens (tertiary/aromatic N) is 1. The number of carbonyl (C=O) groups excluding carboxylic acids is 3. The second-order valence-corrected chi connectivity index (χ2v) is 8.93. The number of carbonyl (C=O) groups is 3. The molecule has 1 spiro atoms. The first kappa shape index (κ1) is 19.8. The number of hydrogen-bond donors (Lipinski definition) is 2. The van der Waals surface area contributed by atoms with Crippen molar-refractivity contribution >= 4 is 23.4 Å². The number of amides is 3. The highest BCUT2D eigenvalue weighted by molar-refractivity contribution is 6.13. The highest BCUT2D eigenvalue weighted by Crippen LogP contribution is 2.50. The molecular formula is C24H26N3O4+. The van der Waals surface area contributed by atoms with Crippen LogP contribution in [-0.2, 0) is 26.5 Å². The van der Waals surface area contributed by atoms with Crippen LogP contribution in [0.2, 0.25) is 0 Å². The van der Waals surface area contributed by atoms with Gasteiger partial charge in [0, 0.05) is 17.0 Å². The van der Waals surface area contributed by atoms with Gasteiger partial charge in [-0.3, -0.25) is 19.3 Å². The van der Waals surface area contributed by atoms with E-state index in [-0.39, 0.29) is 36.2 Å². The lowest BCUT2D eigenvalue weighted by Gasteiger charge is -2.27. The fourth-order valence-corrected chi connectivity index (χ4v) is 5.67. The lowest BCUT2D eigenvalue weighted by Crippen LogP contribution is -2.99. The summed E-state index contributed by atoms with van der Waals surface area (Å²) in [5.74, 6) is -1.23. The maximum Gasteiger partial charge on any atom is 0.291 e. The molecule has 2 aromatic carbocycles. The highest BCUT2D eigenvalue weighted by Gasteiger charge is 2.74. The lowest BCUT2D eigenvalue weighted by atomic mass is 9.76. The molecule has 5 rings (SSSR count). The molecule has 0 saturated carbocycles. The molecule has 7 nitrogen and oxygen atoms in total. The van der Waals surface area contributed by atoms with Gasteiger partial charge in [-0.25, -0.2) is 0 Å². The smallest absolute Gasteiger partial charge is 0.291 e. The number of fused-ring (bicyclic) bond motifs is 4. The Bertz CT molecular complexity index is 1100. The van der Waals surface area contributed by atoms with E-state index in [2.05, 4.69) is 5.32 Å². The molecule has 3 aliphatic rings. The average molecular weight is 420 g/mol. The minimum atomic E-state index is -1.11. The van der Waals surface area contributed by atoms with Gasteiger partial charge in [-0.2, -0.15) is 0 Å². The van der Waals surface area contributed by atoms with Crippen molar-refractivity contribution in [2.24, 2.45) is 17.8 Å². The minimum absolute atomic E-state index is 0.121. The second-order valence-electron chi connectivity index (χ2n) is 8.93. The van der Waals surface area contributed by atoms with E-state index in [4.69, 9.17) is 4.74 Å². The van der Waals surface area contributed by atoms with Gasteiger partial charge in [0.25, 0.3) is 5.91 Å². The summed E-state index contributed by atoms with van der Waals surface area (Å²) < 4.78 is 5.42. The molecule has 7 heteroatoms. The molecule has 2 aromatic rings. The summed E-state index contributed by atoms with van der Waals surface area (Å²) in [6.45, 7) is 4.21. The number of methoxy groups -OCH3 is 1. The fourth-order valence-electron chi connectivity index (χ4n) is 5.67. The molecule has 0 aliphatic carbocycles. The Morgan fingerprint density at radius 2 is 1.77 bits per heavy atom. The quantitative estimate of drug-likeness (QED) is 0.728. The summed E-state index contributed by atoms with van der Waals surface area (Å²) in [4.78, 5) is 42.0. The molecule has 4 atom stereocenters. The monoisotopic (exact) mass is 420 g/mol. The van der Waals surface area contributed by atoms with Crippen LogP contribution in [-0.4, -0.2) is 35.8 Å². The van der Waals surface area contributed by atoms with Crippen LogP contribution in [0.4, 0.5) is 5.69 Å². The third kappa shape index (κ3) is 2.59. The van der Waals surface area contributed by atoms with E-state index in [0.29, 0.717) is 5.75 Å². The van der Waals surface area contributed by atoms with Gasteiger partial charge in [0.2, 0.25) is 17.4 Å². The number of quaternary nitrogens is 1. The maximum absolute atomic E-state index is 13.8. The molecule has 31 heavy (non-hydrogen) atoms. The van der Waals surface area contributed by atoms with Gasteiger partial charge in [0.1, 0.15) is 23.6 Å². The summed E-state index contributed by atoms with van der Waals surface area (Å²) in [5.41, 5.74) is 1.16. The van der Waals surface area contributed by atoms with Crippen molar-refractivity contribution in [3.8, 4) is 5.75 Å². The van der Waals surface area contributed by atoms with Gasteiger partial charge in [-0.1, -0.05) is 50.2 Å². The first-order valence-corrected chi connectivity index (χ1v) is 10.6. The van der Waals surface area contributed by atoms with Crippen molar-refractivity contribution in [3.05, 3.63) is 59.7 Å². The van der Waals surface area contributed by atoms with Gasteiger partial charge in [-0.05, 0) is 12.1 Å². The molecule has 0 radical (unpaired) electrons. The predicted octanol–water partition coefficient (Wildman–Crippen LogP) is 1.25. The van der Waals surface area contributed by atoms with E-state index in [1.165, 1.54) is 4.90 Å². The van der Waals surface area contributed by atoms with Crippen LogP contribution in [0.5, 0.6) is 5.75 Å². The van der Waals surface area contributed by atoms with Crippen molar-refractivity contribution in [2.45, 2.75) is 32.0 Å². The van der Waals surface area contributed by atoms with Crippen molar-refractivity contribution in [1.82, 2.24) is 4.90 Å². The van der Waals surface area contributed by atoms with Crippen molar-refractivity contribution < 1.29 is 24.4 Å². The van der Waals surface area contributed by atoms with E-state index in [1.807, 2.05) is 67.7 Å². The second kappa shape index (κ2) is 6.92. The molecule has 2 fully saturated rings. The number of rotatable bonds is 4. The summed E-state index contributed by atoms with van der Waals surface area (Å²) in [7, 11) is 1.57. The Labute approximate surface area is 180 Å². The third-order valence-electron chi connectivity index (χ3n) is 7.09. The fraction of sp³-hybridized carbons (Fsp3) is 0.375. The molecule has 3 aliphatic heterocycles. The number of hydrogen-bond acceptors (Lipinski definition) is 4. The molecule has 160 valence electrons. The number of imide groups is 1. The van der Waals surface area contributed by atoms with Crippen molar-refractivity contribution in [3.63, 3.8) is 0 Å². The zero-order valence-electron chi connectivity index (χ0n) is 17.8. The molecule has 0 bridgehead atoms. The molecule has 2 saturated heterocycles. The molecule has 3 N–H and O–H groups in total. The molecular weight excluding hydrogens is 394 g/mol. The maximum atomic E-state index is 13.8. The standard InChI is InChI=1S/C24H25N3O4/c1-13(2)20-18-19(24(26-20)15-9-5-6-10-16(15)25-23(24)30)22(29)27(21(18)28)12-14-8-4-7-11-17(14)31-3/h4-11,13,18-20,26H,12H2,1-3H3,(H,25,30)/p+1/t18-,19+,20+,24-/m0/s1. The van der Waals surface area contributed by atoms with Crippen LogP contribution < -0.4 is 15.4 Å². The number of benzene rings is 2. The summed E-state index contributed by atoms with van der Waals surface area (Å²) in [6.07, 6.45) is 0. The normalized spacial score (nSPS) is 29.0. The SMILES string of the molecule is COc1ccccc1CN1C(=O)[C@@H]2[C@@H](C(C)C)[NH2+][C@]3(C(=O)Nc4ccccc43)[C@H]2C1=O. The number of likely N-dealkylation sites (tertiary alicyclic amines) is 1. The van der Waals surface area contributed by atoms with Gasteiger partial charge < -0.3 is 15.4 Å². The van der Waals surface area contributed by atoms with Crippen LogP contribution in [0.3, 0.4) is 0 Å². The first-order valence-electron chi connectivity index (χ1n) is 10.6. The van der Waals surface area contributed by atoms with Gasteiger partial charge in [0.15, 0.2) is 0 Å². The van der Waals surface area contributed by atoms with Crippen LogP contribution in [0.25, 0.3) is 0 Å². The zero-order chi connectivity index (χ0) is 21.9. The van der Waals surface area contributed by atoms with Crippen LogP contribution in [0, 0.1) is 17.8 Å². The topological polar surface area (TPSA) is 92.3 Å². The Hall–Kier alpha value is -3.19. The largest absolute Gasteiger partial charge is 0.496 e. The molecule has 0 unspecified atom stereocenters. The zero-order valence-corrected chi connectivity index (χ0v) is 17.8. The minimum Gasteiger partial charge on any atom is -0.496 e. The van der Waals surface area contributed by atoms with Gasteiger partial charge in [0.05, 0.1) is 19.3 Å². The summed E-state index contributed by atoms with van der Waals surface area (Å²) in [6, 6.07) is 14.7. The number of nitrogens with one attached hydrogen (secondary N) is 1. The van der Waals surface area contributed by atoms with Gasteiger partial charge in [-0.15, -0.1) is 0 Å². The first-order chi connectivity index (χ1) is 14.9. The molecule has 0 aromatic heterocycles. The third-order valence-corrected chi connectivity index (χ3v) is 7.09. The average Bonchev–Trinajstić information content (AvgIpc) is 3.35.